The third-order valence-electron chi connectivity index (χ3n) is 2.86. The number of rotatable bonds is 2. The van der Waals surface area contributed by atoms with Gasteiger partial charge < -0.3 is 14.5 Å². The number of fused-ring (bicyclic) bond motifs is 1. The highest BCUT2D eigenvalue weighted by atomic mass is 19.4. The molecule has 2 heterocycles. The van der Waals surface area contributed by atoms with E-state index in [1.165, 1.54) is 6.07 Å². The molecule has 1 aromatic carbocycles. The molecule has 20 heavy (non-hydrogen) atoms. The molecule has 0 fully saturated rings. The van der Waals surface area contributed by atoms with E-state index in [1.807, 2.05) is 0 Å². The van der Waals surface area contributed by atoms with Crippen LogP contribution in [0.2, 0.25) is 0 Å². The number of hydrogen-bond donors (Lipinski definition) is 2. The number of nitrogens with zero attached hydrogens (tertiary/aromatic N) is 1. The topological polar surface area (TPSA) is 62.1 Å². The average molecular weight is 282 g/mol. The van der Waals surface area contributed by atoms with Gasteiger partial charge in [0.05, 0.1) is 16.6 Å². The molecule has 0 saturated carbocycles. The molecule has 0 saturated heterocycles. The van der Waals surface area contributed by atoms with Crippen molar-refractivity contribution in [1.82, 2.24) is 9.97 Å². The number of furan rings is 1. The van der Waals surface area contributed by atoms with Crippen LogP contribution in [0.5, 0.6) is 0 Å². The molecule has 7 heteroatoms. The number of alkyl halides is 3. The van der Waals surface area contributed by atoms with E-state index in [0.29, 0.717) is 22.9 Å². The lowest BCUT2D eigenvalue weighted by Crippen LogP contribution is -2.04. The fourth-order valence-electron chi connectivity index (χ4n) is 1.89. The number of benzene rings is 1. The zero-order valence-corrected chi connectivity index (χ0v) is 10.0. The number of aromatic amines is 1. The second-order valence-corrected chi connectivity index (χ2v) is 4.24. The van der Waals surface area contributed by atoms with Crippen molar-refractivity contribution in [2.45, 2.75) is 12.8 Å². The van der Waals surface area contributed by atoms with E-state index in [9.17, 15) is 13.2 Å². The molecule has 2 N–H and O–H groups in total. The van der Waals surface area contributed by atoms with E-state index in [4.69, 9.17) is 9.52 Å². The molecule has 0 radical (unpaired) electrons. The zero-order valence-electron chi connectivity index (χ0n) is 10.0. The Balaban J connectivity index is 2.06. The first kappa shape index (κ1) is 12.7. The van der Waals surface area contributed by atoms with Crippen LogP contribution in [0.1, 0.15) is 11.3 Å². The van der Waals surface area contributed by atoms with Gasteiger partial charge in [0.1, 0.15) is 12.4 Å². The molecule has 4 nitrogen and oxygen atoms in total. The highest BCUT2D eigenvalue weighted by Crippen LogP contribution is 2.31. The van der Waals surface area contributed by atoms with Gasteiger partial charge in [0.2, 0.25) is 0 Å². The molecule has 2 aromatic heterocycles. The third kappa shape index (κ3) is 2.16. The Morgan fingerprint density at radius 1 is 1.20 bits per heavy atom. The van der Waals surface area contributed by atoms with Gasteiger partial charge in [0.25, 0.3) is 0 Å². The Kier molecular flexibility index (Phi) is 2.79. The van der Waals surface area contributed by atoms with Gasteiger partial charge in [-0.2, -0.15) is 13.2 Å². The van der Waals surface area contributed by atoms with Crippen molar-refractivity contribution >= 4 is 11.0 Å². The van der Waals surface area contributed by atoms with Crippen LogP contribution in [-0.2, 0) is 12.8 Å². The van der Waals surface area contributed by atoms with Gasteiger partial charge in [0, 0.05) is 0 Å². The molecule has 104 valence electrons. The van der Waals surface area contributed by atoms with E-state index >= 15 is 0 Å². The SMILES string of the molecule is OCc1ccc(-c2nc3ccc(C(F)(F)F)cc3[nH]2)o1. The largest absolute Gasteiger partial charge is 0.455 e. The Morgan fingerprint density at radius 3 is 2.65 bits per heavy atom. The van der Waals surface area contributed by atoms with Gasteiger partial charge in [0.15, 0.2) is 11.6 Å². The van der Waals surface area contributed by atoms with E-state index in [0.717, 1.165) is 12.1 Å². The second-order valence-electron chi connectivity index (χ2n) is 4.24. The number of H-pyrrole nitrogens is 1. The lowest BCUT2D eigenvalue weighted by molar-refractivity contribution is -0.137. The van der Waals surface area contributed by atoms with Crippen LogP contribution in [0.25, 0.3) is 22.6 Å². The highest BCUT2D eigenvalue weighted by Gasteiger charge is 2.30. The molecule has 0 aliphatic rings. The van der Waals surface area contributed by atoms with Crippen LogP contribution in [0.4, 0.5) is 13.2 Å². The minimum absolute atomic E-state index is 0.252. The van der Waals surface area contributed by atoms with Crippen LogP contribution in [0, 0.1) is 0 Å². The number of aromatic nitrogens is 2. The summed E-state index contributed by atoms with van der Waals surface area (Å²) in [6.07, 6.45) is -4.39. The molecule has 3 rings (SSSR count). The van der Waals surface area contributed by atoms with Crippen molar-refractivity contribution in [3.05, 3.63) is 41.7 Å². The number of aliphatic hydroxyl groups excluding tert-OH is 1. The lowest BCUT2D eigenvalue weighted by atomic mass is 10.2. The first-order chi connectivity index (χ1) is 9.47. The molecular formula is C13H9F3N2O2. The molecule has 0 bridgehead atoms. The maximum atomic E-state index is 12.6. The highest BCUT2D eigenvalue weighted by molar-refractivity contribution is 5.79. The second kappa shape index (κ2) is 4.38. The quantitative estimate of drug-likeness (QED) is 0.757. The molecule has 0 aliphatic carbocycles. The zero-order chi connectivity index (χ0) is 14.3. The maximum absolute atomic E-state index is 12.6. The number of halogens is 3. The molecule has 0 unspecified atom stereocenters. The van der Waals surface area contributed by atoms with Crippen molar-refractivity contribution in [1.29, 1.82) is 0 Å². The number of nitrogens with one attached hydrogen (secondary N) is 1. The Bertz CT molecular complexity index is 758. The smallest absolute Gasteiger partial charge is 0.416 e. The summed E-state index contributed by atoms with van der Waals surface area (Å²) in [5.41, 5.74) is -0.0533. The summed E-state index contributed by atoms with van der Waals surface area (Å²) in [5, 5.41) is 8.91. The normalized spacial score (nSPS) is 12.2. The first-order valence-corrected chi connectivity index (χ1v) is 5.74. The first-order valence-electron chi connectivity index (χ1n) is 5.74. The minimum atomic E-state index is -4.39. The van der Waals surface area contributed by atoms with Crippen molar-refractivity contribution in [3.63, 3.8) is 0 Å². The van der Waals surface area contributed by atoms with Crippen molar-refractivity contribution < 1.29 is 22.7 Å². The molecule has 0 atom stereocenters. The summed E-state index contributed by atoms with van der Waals surface area (Å²) in [6.45, 7) is -0.252. The molecule has 3 aromatic rings. The number of hydrogen-bond acceptors (Lipinski definition) is 3. The van der Waals surface area contributed by atoms with E-state index < -0.39 is 11.7 Å². The fourth-order valence-corrected chi connectivity index (χ4v) is 1.89. The van der Waals surface area contributed by atoms with E-state index in [-0.39, 0.29) is 12.1 Å². The van der Waals surface area contributed by atoms with Gasteiger partial charge in [-0.1, -0.05) is 0 Å². The fraction of sp³-hybridized carbons (Fsp3) is 0.154. The van der Waals surface area contributed by atoms with Crippen LogP contribution in [-0.4, -0.2) is 15.1 Å². The van der Waals surface area contributed by atoms with Crippen molar-refractivity contribution in [2.24, 2.45) is 0 Å². The molecule has 0 aliphatic heterocycles. The summed E-state index contributed by atoms with van der Waals surface area (Å²) in [7, 11) is 0. The summed E-state index contributed by atoms with van der Waals surface area (Å²) < 4.78 is 43.1. The third-order valence-corrected chi connectivity index (χ3v) is 2.86. The van der Waals surface area contributed by atoms with Gasteiger partial charge in [-0.3, -0.25) is 0 Å². The number of aliphatic hydroxyl groups is 1. The van der Waals surface area contributed by atoms with Gasteiger partial charge in [-0.25, -0.2) is 4.98 Å². The van der Waals surface area contributed by atoms with Crippen LogP contribution in [0.3, 0.4) is 0 Å². The summed E-state index contributed by atoms with van der Waals surface area (Å²) in [5.74, 6) is 1.04. The van der Waals surface area contributed by atoms with Crippen molar-refractivity contribution in [2.75, 3.05) is 0 Å². The molecule has 0 amide bonds. The Labute approximate surface area is 110 Å². The van der Waals surface area contributed by atoms with Crippen molar-refractivity contribution in [3.8, 4) is 11.6 Å². The summed E-state index contributed by atoms with van der Waals surface area (Å²) in [6, 6.07) is 6.45. The Morgan fingerprint density at radius 2 is 2.00 bits per heavy atom. The standard InChI is InChI=1S/C13H9F3N2O2/c14-13(15,16)7-1-3-9-10(5-7)18-12(17-9)11-4-2-8(6-19)20-11/h1-5,19H,6H2,(H,17,18). The van der Waals surface area contributed by atoms with Gasteiger partial charge in [-0.15, -0.1) is 0 Å². The molecule has 0 spiro atoms. The van der Waals surface area contributed by atoms with E-state index in [1.54, 1.807) is 12.1 Å². The monoisotopic (exact) mass is 282 g/mol. The van der Waals surface area contributed by atoms with Crippen LogP contribution < -0.4 is 0 Å². The van der Waals surface area contributed by atoms with Gasteiger partial charge in [-0.05, 0) is 30.3 Å². The summed E-state index contributed by atoms with van der Waals surface area (Å²) in [4.78, 5) is 6.93. The van der Waals surface area contributed by atoms with Crippen LogP contribution >= 0.6 is 0 Å². The van der Waals surface area contributed by atoms with E-state index in [2.05, 4.69) is 9.97 Å². The lowest BCUT2D eigenvalue weighted by Gasteiger charge is -2.05. The average Bonchev–Trinajstić information content (AvgIpc) is 3.02. The van der Waals surface area contributed by atoms with Gasteiger partial charge >= 0.3 is 6.18 Å². The Hall–Kier alpha value is -2.28. The van der Waals surface area contributed by atoms with Crippen LogP contribution in [0.15, 0.2) is 34.7 Å². The predicted octanol–water partition coefficient (Wildman–Crippen LogP) is 3.33. The minimum Gasteiger partial charge on any atom is -0.455 e. The summed E-state index contributed by atoms with van der Waals surface area (Å²) >= 11 is 0. The maximum Gasteiger partial charge on any atom is 0.416 e. The molecular weight excluding hydrogens is 273 g/mol. The number of imidazole rings is 1. The predicted molar refractivity (Wildman–Crippen MR) is 64.7 cm³/mol.